The number of carboxylic acids is 1. The molecule has 2 heterocycles. The monoisotopic (exact) mass is 263 g/mol. The molecule has 0 aromatic carbocycles. The summed E-state index contributed by atoms with van der Waals surface area (Å²) in [4.78, 5) is 13.6. The minimum atomic E-state index is -0.616. The predicted octanol–water partition coefficient (Wildman–Crippen LogP) is 1.23. The van der Waals surface area contributed by atoms with E-state index in [1.807, 2.05) is 23.9 Å². The molecule has 19 heavy (non-hydrogen) atoms. The second kappa shape index (κ2) is 4.96. The van der Waals surface area contributed by atoms with Gasteiger partial charge < -0.3 is 10.0 Å². The highest BCUT2D eigenvalue weighted by Gasteiger charge is 2.45. The SMILES string of the molecule is Cc1ccn(CCN2C[C@@H](C(=O)O)[C@H](C3CC3)C2)n1. The predicted molar refractivity (Wildman–Crippen MR) is 70.7 cm³/mol. The maximum atomic E-state index is 11.3. The Morgan fingerprint density at radius 3 is 2.79 bits per heavy atom. The lowest BCUT2D eigenvalue weighted by Crippen LogP contribution is -2.27. The first-order chi connectivity index (χ1) is 9.13. The van der Waals surface area contributed by atoms with Crippen molar-refractivity contribution in [3.05, 3.63) is 18.0 Å². The molecule has 1 aliphatic heterocycles. The number of hydrogen-bond donors (Lipinski definition) is 1. The molecule has 0 radical (unpaired) electrons. The summed E-state index contributed by atoms with van der Waals surface area (Å²) in [5, 5.41) is 13.7. The molecule has 1 saturated heterocycles. The van der Waals surface area contributed by atoms with E-state index in [0.29, 0.717) is 18.4 Å². The zero-order valence-electron chi connectivity index (χ0n) is 11.3. The number of rotatable bonds is 5. The molecule has 1 N–H and O–H groups in total. The van der Waals surface area contributed by atoms with Crippen molar-refractivity contribution >= 4 is 5.97 Å². The van der Waals surface area contributed by atoms with Gasteiger partial charge in [-0.1, -0.05) is 0 Å². The van der Waals surface area contributed by atoms with Crippen LogP contribution in [0.4, 0.5) is 0 Å². The molecule has 0 bridgehead atoms. The van der Waals surface area contributed by atoms with Crippen LogP contribution in [0.5, 0.6) is 0 Å². The van der Waals surface area contributed by atoms with Gasteiger partial charge in [0, 0.05) is 25.8 Å². The Morgan fingerprint density at radius 1 is 1.42 bits per heavy atom. The third kappa shape index (κ3) is 2.81. The number of carbonyl (C=O) groups is 1. The van der Waals surface area contributed by atoms with Crippen molar-refractivity contribution in [1.82, 2.24) is 14.7 Å². The molecule has 1 aliphatic carbocycles. The fourth-order valence-corrected chi connectivity index (χ4v) is 3.19. The first kappa shape index (κ1) is 12.7. The Balaban J connectivity index is 1.56. The topological polar surface area (TPSA) is 58.4 Å². The average Bonchev–Trinajstić information content (AvgIpc) is 2.98. The third-order valence-electron chi connectivity index (χ3n) is 4.40. The summed E-state index contributed by atoms with van der Waals surface area (Å²) in [6, 6.07) is 2.00. The van der Waals surface area contributed by atoms with Gasteiger partial charge in [0.1, 0.15) is 0 Å². The highest BCUT2D eigenvalue weighted by Crippen LogP contribution is 2.43. The van der Waals surface area contributed by atoms with Gasteiger partial charge in [-0.3, -0.25) is 9.48 Å². The van der Waals surface area contributed by atoms with Gasteiger partial charge in [0.25, 0.3) is 0 Å². The van der Waals surface area contributed by atoms with E-state index in [0.717, 1.165) is 25.3 Å². The van der Waals surface area contributed by atoms with Crippen LogP contribution < -0.4 is 0 Å². The van der Waals surface area contributed by atoms with E-state index >= 15 is 0 Å². The molecular weight excluding hydrogens is 242 g/mol. The van der Waals surface area contributed by atoms with Gasteiger partial charge in [-0.05, 0) is 37.7 Å². The highest BCUT2D eigenvalue weighted by molar-refractivity contribution is 5.71. The van der Waals surface area contributed by atoms with Crippen molar-refractivity contribution in [2.75, 3.05) is 19.6 Å². The average molecular weight is 263 g/mol. The number of aromatic nitrogens is 2. The van der Waals surface area contributed by atoms with E-state index < -0.39 is 5.97 Å². The Hall–Kier alpha value is -1.36. The summed E-state index contributed by atoms with van der Waals surface area (Å²) in [5.41, 5.74) is 1.03. The van der Waals surface area contributed by atoms with E-state index in [1.54, 1.807) is 0 Å². The largest absolute Gasteiger partial charge is 0.481 e. The molecule has 5 heteroatoms. The van der Waals surface area contributed by atoms with Crippen LogP contribution in [-0.2, 0) is 11.3 Å². The molecule has 3 rings (SSSR count). The van der Waals surface area contributed by atoms with Crippen molar-refractivity contribution < 1.29 is 9.90 Å². The number of aliphatic carboxylic acids is 1. The van der Waals surface area contributed by atoms with Crippen LogP contribution >= 0.6 is 0 Å². The van der Waals surface area contributed by atoms with Gasteiger partial charge in [-0.25, -0.2) is 0 Å². The first-order valence-electron chi connectivity index (χ1n) is 7.08. The quantitative estimate of drug-likeness (QED) is 0.868. The summed E-state index contributed by atoms with van der Waals surface area (Å²) in [5.74, 6) is 0.260. The highest BCUT2D eigenvalue weighted by atomic mass is 16.4. The minimum absolute atomic E-state index is 0.160. The van der Waals surface area contributed by atoms with Gasteiger partial charge in [0.15, 0.2) is 0 Å². The van der Waals surface area contributed by atoms with Crippen LogP contribution in [0.25, 0.3) is 0 Å². The lowest BCUT2D eigenvalue weighted by molar-refractivity contribution is -0.142. The molecule has 1 aromatic heterocycles. The molecular formula is C14H21N3O2. The number of likely N-dealkylation sites (tertiary alicyclic amines) is 1. The van der Waals surface area contributed by atoms with Crippen molar-refractivity contribution in [3.63, 3.8) is 0 Å². The third-order valence-corrected chi connectivity index (χ3v) is 4.40. The Morgan fingerprint density at radius 2 is 2.21 bits per heavy atom. The summed E-state index contributed by atoms with van der Waals surface area (Å²) in [6.45, 7) is 5.38. The van der Waals surface area contributed by atoms with E-state index in [2.05, 4.69) is 10.00 Å². The summed E-state index contributed by atoms with van der Waals surface area (Å²) in [6.07, 6.45) is 4.43. The first-order valence-corrected chi connectivity index (χ1v) is 7.08. The normalized spacial score (nSPS) is 27.8. The summed E-state index contributed by atoms with van der Waals surface area (Å²) >= 11 is 0. The van der Waals surface area contributed by atoms with Crippen LogP contribution in [-0.4, -0.2) is 45.4 Å². The number of nitrogens with zero attached hydrogens (tertiary/aromatic N) is 3. The van der Waals surface area contributed by atoms with Gasteiger partial charge >= 0.3 is 5.97 Å². The van der Waals surface area contributed by atoms with E-state index in [9.17, 15) is 9.90 Å². The second-order valence-electron chi connectivity index (χ2n) is 5.93. The molecule has 0 amide bonds. The number of aryl methyl sites for hydroxylation is 1. The van der Waals surface area contributed by atoms with Crippen LogP contribution in [0.15, 0.2) is 12.3 Å². The van der Waals surface area contributed by atoms with Gasteiger partial charge in [-0.2, -0.15) is 5.10 Å². The Labute approximate surface area is 113 Å². The maximum Gasteiger partial charge on any atom is 0.308 e. The molecule has 0 spiro atoms. The molecule has 0 unspecified atom stereocenters. The molecule has 2 fully saturated rings. The van der Waals surface area contributed by atoms with E-state index in [1.165, 1.54) is 12.8 Å². The van der Waals surface area contributed by atoms with Crippen molar-refractivity contribution in [1.29, 1.82) is 0 Å². The molecule has 2 atom stereocenters. The van der Waals surface area contributed by atoms with Crippen molar-refractivity contribution in [2.24, 2.45) is 17.8 Å². The van der Waals surface area contributed by atoms with Crippen LogP contribution in [0.2, 0.25) is 0 Å². The smallest absolute Gasteiger partial charge is 0.308 e. The second-order valence-corrected chi connectivity index (χ2v) is 5.93. The van der Waals surface area contributed by atoms with E-state index in [-0.39, 0.29) is 5.92 Å². The van der Waals surface area contributed by atoms with Crippen molar-refractivity contribution in [3.8, 4) is 0 Å². The molecule has 5 nitrogen and oxygen atoms in total. The zero-order valence-corrected chi connectivity index (χ0v) is 11.3. The van der Waals surface area contributed by atoms with E-state index in [4.69, 9.17) is 0 Å². The lowest BCUT2D eigenvalue weighted by Gasteiger charge is -2.15. The summed E-state index contributed by atoms with van der Waals surface area (Å²) < 4.78 is 1.94. The molecule has 104 valence electrons. The fourth-order valence-electron chi connectivity index (χ4n) is 3.19. The maximum absolute atomic E-state index is 11.3. The fraction of sp³-hybridized carbons (Fsp3) is 0.714. The van der Waals surface area contributed by atoms with Crippen LogP contribution in [0.1, 0.15) is 18.5 Å². The molecule has 1 saturated carbocycles. The number of carboxylic acid groups (broad SMARTS) is 1. The minimum Gasteiger partial charge on any atom is -0.481 e. The molecule has 2 aliphatic rings. The Kier molecular flexibility index (Phi) is 3.31. The standard InChI is InChI=1S/C14H21N3O2/c1-10-4-5-17(15-10)7-6-16-8-12(11-2-3-11)13(9-16)14(18)19/h4-5,11-13H,2-3,6-9H2,1H3,(H,18,19)/t12-,13+/m0/s1. The zero-order chi connectivity index (χ0) is 13.4. The van der Waals surface area contributed by atoms with Gasteiger partial charge in [0.2, 0.25) is 0 Å². The van der Waals surface area contributed by atoms with Crippen LogP contribution in [0.3, 0.4) is 0 Å². The van der Waals surface area contributed by atoms with Crippen LogP contribution in [0, 0.1) is 24.7 Å². The Bertz CT molecular complexity index is 467. The molecule has 1 aromatic rings. The van der Waals surface area contributed by atoms with Gasteiger partial charge in [0.05, 0.1) is 18.2 Å². The number of hydrogen-bond acceptors (Lipinski definition) is 3. The van der Waals surface area contributed by atoms with Crippen molar-refractivity contribution in [2.45, 2.75) is 26.3 Å². The lowest BCUT2D eigenvalue weighted by atomic mass is 9.92. The van der Waals surface area contributed by atoms with Gasteiger partial charge in [-0.15, -0.1) is 0 Å². The summed E-state index contributed by atoms with van der Waals surface area (Å²) in [7, 11) is 0.